The molecule has 3 nitrogen and oxygen atoms in total. The molecule has 0 N–H and O–H groups in total. The topological polar surface area (TPSA) is 29.5 Å². The number of benzene rings is 2. The number of nitrogens with zero attached hydrogens (tertiary/aromatic N) is 1. The first-order valence-corrected chi connectivity index (χ1v) is 8.42. The maximum atomic E-state index is 12.4. The minimum Gasteiger partial charge on any atom is -0.497 e. The van der Waals surface area contributed by atoms with Crippen molar-refractivity contribution in [3.63, 3.8) is 0 Å². The number of amides is 1. The van der Waals surface area contributed by atoms with Crippen LogP contribution in [0.15, 0.2) is 60.7 Å². The van der Waals surface area contributed by atoms with Crippen LogP contribution in [0.1, 0.15) is 29.9 Å². The van der Waals surface area contributed by atoms with Crippen LogP contribution in [0.5, 0.6) is 5.75 Å². The summed E-state index contributed by atoms with van der Waals surface area (Å²) >= 11 is 0. The Balaban J connectivity index is 1.54. The Morgan fingerprint density at radius 3 is 2.33 bits per heavy atom. The lowest BCUT2D eigenvalue weighted by atomic mass is 9.89. The van der Waals surface area contributed by atoms with Crippen molar-refractivity contribution < 1.29 is 9.53 Å². The standard InChI is InChI=1S/C21H23NO2/c1-24-20-10-7-17(8-11-20)9-12-21(23)22-15-13-19(14-16-22)18-5-3-2-4-6-18/h2-12,19H,13-16H2,1H3/b12-9+. The molecule has 1 aliphatic heterocycles. The van der Waals surface area contributed by atoms with Crippen LogP contribution < -0.4 is 4.74 Å². The molecule has 1 amide bonds. The maximum Gasteiger partial charge on any atom is 0.246 e. The summed E-state index contributed by atoms with van der Waals surface area (Å²) in [5.74, 6) is 1.49. The fourth-order valence-corrected chi connectivity index (χ4v) is 3.15. The number of likely N-dealkylation sites (tertiary alicyclic amines) is 1. The van der Waals surface area contributed by atoms with E-state index in [9.17, 15) is 4.79 Å². The van der Waals surface area contributed by atoms with Gasteiger partial charge in [-0.3, -0.25) is 4.79 Å². The van der Waals surface area contributed by atoms with E-state index in [1.54, 1.807) is 13.2 Å². The molecule has 0 radical (unpaired) electrons. The van der Waals surface area contributed by atoms with Gasteiger partial charge in [-0.25, -0.2) is 0 Å². The average molecular weight is 321 g/mol. The molecule has 0 aliphatic carbocycles. The van der Waals surface area contributed by atoms with Gasteiger partial charge in [0.15, 0.2) is 0 Å². The van der Waals surface area contributed by atoms with E-state index in [0.717, 1.165) is 37.2 Å². The van der Waals surface area contributed by atoms with Crippen LogP contribution in [0.4, 0.5) is 0 Å². The summed E-state index contributed by atoms with van der Waals surface area (Å²) in [6.07, 6.45) is 5.61. The molecular formula is C21H23NO2. The van der Waals surface area contributed by atoms with Crippen molar-refractivity contribution >= 4 is 12.0 Å². The number of methoxy groups -OCH3 is 1. The van der Waals surface area contributed by atoms with E-state index in [4.69, 9.17) is 4.74 Å². The molecule has 0 spiro atoms. The van der Waals surface area contributed by atoms with Gasteiger partial charge in [0.05, 0.1) is 7.11 Å². The summed E-state index contributed by atoms with van der Waals surface area (Å²) in [5.41, 5.74) is 2.39. The monoisotopic (exact) mass is 321 g/mol. The summed E-state index contributed by atoms with van der Waals surface area (Å²) in [6.45, 7) is 1.65. The first-order valence-electron chi connectivity index (χ1n) is 8.42. The zero-order valence-electron chi connectivity index (χ0n) is 14.0. The van der Waals surface area contributed by atoms with Gasteiger partial charge in [-0.2, -0.15) is 0 Å². The van der Waals surface area contributed by atoms with Crippen molar-refractivity contribution in [1.82, 2.24) is 4.90 Å². The molecule has 0 bridgehead atoms. The van der Waals surface area contributed by atoms with Crippen LogP contribution in [0.25, 0.3) is 6.08 Å². The first kappa shape index (κ1) is 16.3. The zero-order valence-corrected chi connectivity index (χ0v) is 14.0. The van der Waals surface area contributed by atoms with E-state index in [2.05, 4.69) is 24.3 Å². The van der Waals surface area contributed by atoms with Crippen LogP contribution in [-0.4, -0.2) is 31.0 Å². The fourth-order valence-electron chi connectivity index (χ4n) is 3.15. The molecule has 1 fully saturated rings. The van der Waals surface area contributed by atoms with Crippen molar-refractivity contribution in [1.29, 1.82) is 0 Å². The quantitative estimate of drug-likeness (QED) is 0.793. The van der Waals surface area contributed by atoms with E-state index in [1.165, 1.54) is 5.56 Å². The predicted octanol–water partition coefficient (Wildman–Crippen LogP) is 4.11. The second-order valence-electron chi connectivity index (χ2n) is 6.12. The zero-order chi connectivity index (χ0) is 16.8. The second kappa shape index (κ2) is 7.82. The van der Waals surface area contributed by atoms with E-state index >= 15 is 0 Å². The lowest BCUT2D eigenvalue weighted by molar-refractivity contribution is -0.126. The molecule has 3 rings (SSSR count). The maximum absolute atomic E-state index is 12.4. The van der Waals surface area contributed by atoms with Crippen molar-refractivity contribution in [2.24, 2.45) is 0 Å². The fraction of sp³-hybridized carbons (Fsp3) is 0.286. The van der Waals surface area contributed by atoms with Gasteiger partial charge < -0.3 is 9.64 Å². The molecule has 3 heteroatoms. The summed E-state index contributed by atoms with van der Waals surface area (Å²) in [5, 5.41) is 0. The Bertz CT molecular complexity index is 684. The van der Waals surface area contributed by atoms with Crippen molar-refractivity contribution in [3.05, 3.63) is 71.8 Å². The highest BCUT2D eigenvalue weighted by atomic mass is 16.5. The van der Waals surface area contributed by atoms with Gasteiger partial charge in [0.1, 0.15) is 5.75 Å². The number of hydrogen-bond donors (Lipinski definition) is 0. The molecule has 24 heavy (non-hydrogen) atoms. The predicted molar refractivity (Wildman–Crippen MR) is 97.0 cm³/mol. The third kappa shape index (κ3) is 4.05. The summed E-state index contributed by atoms with van der Waals surface area (Å²) in [6, 6.07) is 18.3. The summed E-state index contributed by atoms with van der Waals surface area (Å²) in [7, 11) is 1.65. The number of piperidine rings is 1. The van der Waals surface area contributed by atoms with Crippen LogP contribution in [0, 0.1) is 0 Å². The largest absolute Gasteiger partial charge is 0.497 e. The van der Waals surface area contributed by atoms with Crippen LogP contribution in [0.3, 0.4) is 0 Å². The van der Waals surface area contributed by atoms with Gasteiger partial charge in [-0.1, -0.05) is 42.5 Å². The Morgan fingerprint density at radius 2 is 1.71 bits per heavy atom. The molecule has 124 valence electrons. The lowest BCUT2D eigenvalue weighted by Gasteiger charge is -2.31. The normalized spacial score (nSPS) is 15.6. The number of hydrogen-bond acceptors (Lipinski definition) is 2. The highest BCUT2D eigenvalue weighted by molar-refractivity contribution is 5.91. The highest BCUT2D eigenvalue weighted by Crippen LogP contribution is 2.27. The molecule has 1 saturated heterocycles. The van der Waals surface area contributed by atoms with E-state index in [1.807, 2.05) is 41.3 Å². The second-order valence-corrected chi connectivity index (χ2v) is 6.12. The SMILES string of the molecule is COc1ccc(/C=C/C(=O)N2CCC(c3ccccc3)CC2)cc1. The van der Waals surface area contributed by atoms with Crippen molar-refractivity contribution in [3.8, 4) is 5.75 Å². The molecule has 1 aliphatic rings. The van der Waals surface area contributed by atoms with Crippen LogP contribution in [0.2, 0.25) is 0 Å². The van der Waals surface area contributed by atoms with Crippen molar-refractivity contribution in [2.45, 2.75) is 18.8 Å². The Morgan fingerprint density at radius 1 is 1.04 bits per heavy atom. The molecule has 0 aromatic heterocycles. The summed E-state index contributed by atoms with van der Waals surface area (Å²) in [4.78, 5) is 14.3. The van der Waals surface area contributed by atoms with Gasteiger partial charge in [0.2, 0.25) is 5.91 Å². The van der Waals surface area contributed by atoms with E-state index in [0.29, 0.717) is 5.92 Å². The van der Waals surface area contributed by atoms with E-state index < -0.39 is 0 Å². The van der Waals surface area contributed by atoms with E-state index in [-0.39, 0.29) is 5.91 Å². The van der Waals surface area contributed by atoms with Gasteiger partial charge in [0.25, 0.3) is 0 Å². The molecule has 0 unspecified atom stereocenters. The minimum absolute atomic E-state index is 0.0947. The highest BCUT2D eigenvalue weighted by Gasteiger charge is 2.22. The number of ether oxygens (including phenoxy) is 1. The van der Waals surface area contributed by atoms with Gasteiger partial charge in [-0.15, -0.1) is 0 Å². The lowest BCUT2D eigenvalue weighted by Crippen LogP contribution is -2.36. The van der Waals surface area contributed by atoms with Gasteiger partial charge in [0, 0.05) is 19.2 Å². The Kier molecular flexibility index (Phi) is 5.32. The molecule has 2 aromatic rings. The van der Waals surface area contributed by atoms with Gasteiger partial charge in [-0.05, 0) is 48.1 Å². The number of carbonyl (C=O) groups is 1. The molecule has 0 saturated carbocycles. The molecular weight excluding hydrogens is 298 g/mol. The smallest absolute Gasteiger partial charge is 0.246 e. The van der Waals surface area contributed by atoms with Crippen LogP contribution >= 0.6 is 0 Å². The van der Waals surface area contributed by atoms with Crippen LogP contribution in [-0.2, 0) is 4.79 Å². The van der Waals surface area contributed by atoms with Crippen molar-refractivity contribution in [2.75, 3.05) is 20.2 Å². The third-order valence-electron chi connectivity index (χ3n) is 4.61. The minimum atomic E-state index is 0.0947. The number of carbonyl (C=O) groups excluding carboxylic acids is 1. The third-order valence-corrected chi connectivity index (χ3v) is 4.61. The molecule has 0 atom stereocenters. The van der Waals surface area contributed by atoms with Gasteiger partial charge >= 0.3 is 0 Å². The summed E-state index contributed by atoms with van der Waals surface area (Å²) < 4.78 is 5.14. The molecule has 2 aromatic carbocycles. The Hall–Kier alpha value is -2.55. The average Bonchev–Trinajstić information content (AvgIpc) is 2.67. The Labute approximate surface area is 143 Å². The molecule has 1 heterocycles. The first-order chi connectivity index (χ1) is 11.8. The number of rotatable bonds is 4.